The van der Waals surface area contributed by atoms with Gasteiger partial charge in [-0.05, 0) is 29.8 Å². The number of H-pyrrole nitrogens is 1. The highest BCUT2D eigenvalue weighted by Crippen LogP contribution is 2.28. The van der Waals surface area contributed by atoms with Gasteiger partial charge >= 0.3 is 0 Å². The Morgan fingerprint density at radius 3 is 2.74 bits per heavy atom. The number of imidazole rings is 1. The number of benzene rings is 2. The van der Waals surface area contributed by atoms with E-state index in [4.69, 9.17) is 0 Å². The molecule has 0 aliphatic carbocycles. The Balaban J connectivity index is 1.52. The van der Waals surface area contributed by atoms with Gasteiger partial charge in [0.05, 0.1) is 11.0 Å². The molecule has 2 heterocycles. The Morgan fingerprint density at radius 1 is 1.17 bits per heavy atom. The minimum absolute atomic E-state index is 0.0790. The Bertz CT molecular complexity index is 823. The Labute approximate surface area is 133 Å². The molecule has 1 atom stereocenters. The van der Waals surface area contributed by atoms with Crippen molar-refractivity contribution in [2.24, 2.45) is 0 Å². The first-order valence-corrected chi connectivity index (χ1v) is 7.66. The summed E-state index contributed by atoms with van der Waals surface area (Å²) in [6.07, 6.45) is 0.459. The third kappa shape index (κ3) is 2.70. The number of para-hydroxylation sites is 2. The van der Waals surface area contributed by atoms with Crippen molar-refractivity contribution < 1.29 is 9.18 Å². The molecule has 1 saturated heterocycles. The lowest BCUT2D eigenvalue weighted by Crippen LogP contribution is -2.24. The van der Waals surface area contributed by atoms with E-state index >= 15 is 0 Å². The number of nitrogens with one attached hydrogen (secondary N) is 1. The molecule has 5 heteroatoms. The molecule has 23 heavy (non-hydrogen) atoms. The highest BCUT2D eigenvalue weighted by molar-refractivity contribution is 5.80. The van der Waals surface area contributed by atoms with E-state index in [1.54, 1.807) is 12.1 Å². The number of halogens is 1. The van der Waals surface area contributed by atoms with Crippen molar-refractivity contribution in [2.75, 3.05) is 6.54 Å². The second kappa shape index (κ2) is 5.50. The molecule has 0 radical (unpaired) electrons. The van der Waals surface area contributed by atoms with Gasteiger partial charge in [0, 0.05) is 25.4 Å². The van der Waals surface area contributed by atoms with E-state index < -0.39 is 0 Å². The molecule has 2 aromatic carbocycles. The van der Waals surface area contributed by atoms with Crippen LogP contribution in [0.2, 0.25) is 0 Å². The van der Waals surface area contributed by atoms with E-state index in [0.717, 1.165) is 22.4 Å². The van der Waals surface area contributed by atoms with Gasteiger partial charge in [0.25, 0.3) is 0 Å². The van der Waals surface area contributed by atoms with E-state index in [9.17, 15) is 9.18 Å². The van der Waals surface area contributed by atoms with Crippen LogP contribution in [0.3, 0.4) is 0 Å². The van der Waals surface area contributed by atoms with Crippen LogP contribution in [0.1, 0.15) is 23.7 Å². The molecule has 0 saturated carbocycles. The van der Waals surface area contributed by atoms with Crippen LogP contribution >= 0.6 is 0 Å². The Morgan fingerprint density at radius 2 is 1.96 bits per heavy atom. The van der Waals surface area contributed by atoms with Crippen LogP contribution in [-0.4, -0.2) is 27.3 Å². The molecule has 1 fully saturated rings. The van der Waals surface area contributed by atoms with Gasteiger partial charge in [-0.2, -0.15) is 0 Å². The van der Waals surface area contributed by atoms with Crippen molar-refractivity contribution in [2.45, 2.75) is 18.9 Å². The summed E-state index contributed by atoms with van der Waals surface area (Å²) in [5.41, 5.74) is 2.85. The van der Waals surface area contributed by atoms with E-state index in [2.05, 4.69) is 9.97 Å². The summed E-state index contributed by atoms with van der Waals surface area (Å²) in [6, 6.07) is 14.1. The summed E-state index contributed by atoms with van der Waals surface area (Å²) >= 11 is 0. The van der Waals surface area contributed by atoms with Crippen molar-refractivity contribution in [1.29, 1.82) is 0 Å². The zero-order valence-electron chi connectivity index (χ0n) is 12.5. The number of rotatable bonds is 3. The lowest BCUT2D eigenvalue weighted by molar-refractivity contribution is -0.128. The fourth-order valence-electron chi connectivity index (χ4n) is 3.08. The van der Waals surface area contributed by atoms with Crippen LogP contribution < -0.4 is 0 Å². The monoisotopic (exact) mass is 309 g/mol. The van der Waals surface area contributed by atoms with Crippen LogP contribution in [-0.2, 0) is 11.3 Å². The third-order valence-corrected chi connectivity index (χ3v) is 4.30. The van der Waals surface area contributed by atoms with Gasteiger partial charge in [-0.15, -0.1) is 0 Å². The van der Waals surface area contributed by atoms with Gasteiger partial charge in [0.15, 0.2) is 0 Å². The maximum absolute atomic E-state index is 13.0. The minimum Gasteiger partial charge on any atom is -0.342 e. The smallest absolute Gasteiger partial charge is 0.223 e. The first kappa shape index (κ1) is 13.9. The number of hydrogen-bond donors (Lipinski definition) is 1. The van der Waals surface area contributed by atoms with Gasteiger partial charge in [-0.1, -0.05) is 24.3 Å². The lowest BCUT2D eigenvalue weighted by Gasteiger charge is -2.16. The highest BCUT2D eigenvalue weighted by Gasteiger charge is 2.32. The number of aromatic amines is 1. The quantitative estimate of drug-likeness (QED) is 0.807. The number of amides is 1. The van der Waals surface area contributed by atoms with Crippen LogP contribution in [0.5, 0.6) is 0 Å². The molecule has 1 amide bonds. The zero-order valence-corrected chi connectivity index (χ0v) is 12.5. The maximum Gasteiger partial charge on any atom is 0.223 e. The second-order valence-corrected chi connectivity index (χ2v) is 5.94. The molecule has 3 aromatic rings. The summed E-state index contributed by atoms with van der Waals surface area (Å²) in [5, 5.41) is 0. The van der Waals surface area contributed by atoms with Crippen LogP contribution in [0, 0.1) is 5.82 Å². The SMILES string of the molecule is O=C1CC(c2nc3ccccc3[nH]2)CN1Cc1ccc(F)cc1. The fraction of sp³-hybridized carbons (Fsp3) is 0.222. The van der Waals surface area contributed by atoms with Crippen molar-refractivity contribution in [3.05, 3.63) is 65.7 Å². The standard InChI is InChI=1S/C18H16FN3O/c19-14-7-5-12(6-8-14)10-22-11-13(9-17(22)23)18-20-15-3-1-2-4-16(15)21-18/h1-8,13H,9-11H2,(H,20,21). The van der Waals surface area contributed by atoms with Gasteiger partial charge in [-0.25, -0.2) is 9.37 Å². The average Bonchev–Trinajstić information content (AvgIpc) is 3.13. The predicted molar refractivity (Wildman–Crippen MR) is 85.3 cm³/mol. The molecule has 4 nitrogen and oxygen atoms in total. The molecular formula is C18H16FN3O. The average molecular weight is 309 g/mol. The molecule has 1 unspecified atom stereocenters. The van der Waals surface area contributed by atoms with Gasteiger partial charge in [-0.3, -0.25) is 4.79 Å². The highest BCUT2D eigenvalue weighted by atomic mass is 19.1. The van der Waals surface area contributed by atoms with Gasteiger partial charge < -0.3 is 9.88 Å². The van der Waals surface area contributed by atoms with Gasteiger partial charge in [0.2, 0.25) is 5.91 Å². The minimum atomic E-state index is -0.262. The summed E-state index contributed by atoms with van der Waals surface area (Å²) in [7, 11) is 0. The molecular weight excluding hydrogens is 293 g/mol. The number of fused-ring (bicyclic) bond motifs is 1. The molecule has 116 valence electrons. The topological polar surface area (TPSA) is 49.0 Å². The summed E-state index contributed by atoms with van der Waals surface area (Å²) in [6.45, 7) is 1.14. The number of likely N-dealkylation sites (tertiary alicyclic amines) is 1. The molecule has 1 aromatic heterocycles. The molecule has 0 spiro atoms. The summed E-state index contributed by atoms with van der Waals surface area (Å²) < 4.78 is 13.0. The third-order valence-electron chi connectivity index (χ3n) is 4.30. The second-order valence-electron chi connectivity index (χ2n) is 5.94. The Hall–Kier alpha value is -2.69. The number of carbonyl (C=O) groups excluding carboxylic acids is 1. The first-order valence-electron chi connectivity index (χ1n) is 7.66. The Kier molecular flexibility index (Phi) is 3.33. The maximum atomic E-state index is 13.0. The number of aromatic nitrogens is 2. The van der Waals surface area contributed by atoms with Crippen molar-refractivity contribution in [1.82, 2.24) is 14.9 Å². The summed E-state index contributed by atoms with van der Waals surface area (Å²) in [4.78, 5) is 22.0. The van der Waals surface area contributed by atoms with Crippen LogP contribution in [0.15, 0.2) is 48.5 Å². The normalized spacial score (nSPS) is 18.0. The largest absolute Gasteiger partial charge is 0.342 e. The number of hydrogen-bond acceptors (Lipinski definition) is 2. The van der Waals surface area contributed by atoms with E-state index in [1.807, 2.05) is 29.2 Å². The van der Waals surface area contributed by atoms with Gasteiger partial charge in [0.1, 0.15) is 11.6 Å². The predicted octanol–water partition coefficient (Wildman–Crippen LogP) is 3.22. The molecule has 4 rings (SSSR count). The molecule has 1 aliphatic rings. The molecule has 0 bridgehead atoms. The summed E-state index contributed by atoms with van der Waals surface area (Å²) in [5.74, 6) is 0.790. The zero-order chi connectivity index (χ0) is 15.8. The van der Waals surface area contributed by atoms with Crippen molar-refractivity contribution in [3.8, 4) is 0 Å². The van der Waals surface area contributed by atoms with Crippen molar-refractivity contribution in [3.63, 3.8) is 0 Å². The fourth-order valence-corrected chi connectivity index (χ4v) is 3.08. The number of nitrogens with zero attached hydrogens (tertiary/aromatic N) is 2. The van der Waals surface area contributed by atoms with Crippen molar-refractivity contribution >= 4 is 16.9 Å². The first-order chi connectivity index (χ1) is 11.2. The van der Waals surface area contributed by atoms with E-state index in [1.165, 1.54) is 12.1 Å². The lowest BCUT2D eigenvalue weighted by atomic mass is 10.1. The van der Waals surface area contributed by atoms with E-state index in [0.29, 0.717) is 19.5 Å². The number of carbonyl (C=O) groups is 1. The van der Waals surface area contributed by atoms with E-state index in [-0.39, 0.29) is 17.6 Å². The molecule has 1 N–H and O–H groups in total. The van der Waals surface area contributed by atoms with Crippen LogP contribution in [0.25, 0.3) is 11.0 Å². The molecule has 1 aliphatic heterocycles. The van der Waals surface area contributed by atoms with Crippen LogP contribution in [0.4, 0.5) is 4.39 Å².